The van der Waals surface area contributed by atoms with E-state index in [-0.39, 0.29) is 0 Å². The topological polar surface area (TPSA) is 0 Å². The molecule has 0 bridgehead atoms. The highest BCUT2D eigenvalue weighted by molar-refractivity contribution is 5.48. The molecule has 2 aromatic carbocycles. The van der Waals surface area contributed by atoms with Crippen LogP contribution in [0.25, 0.3) is 0 Å². The summed E-state index contributed by atoms with van der Waals surface area (Å²) in [6.45, 7) is 1.52. The first-order valence-corrected chi connectivity index (χ1v) is 6.26. The maximum Gasteiger partial charge on any atom is 0.177 e. The van der Waals surface area contributed by atoms with E-state index >= 15 is 0 Å². The second-order valence-electron chi connectivity index (χ2n) is 4.76. The molecular formula is C16H6F8. The first kappa shape index (κ1) is 17.8. The van der Waals surface area contributed by atoms with E-state index in [4.69, 9.17) is 0 Å². The largest absolute Gasteiger partial charge is 0.203 e. The lowest BCUT2D eigenvalue weighted by atomic mass is 10.1. The van der Waals surface area contributed by atoms with Gasteiger partial charge in [0, 0.05) is 11.1 Å². The van der Waals surface area contributed by atoms with E-state index in [1.165, 1.54) is 11.8 Å². The Morgan fingerprint density at radius 1 is 0.417 bits per heavy atom. The minimum atomic E-state index is -1.90. The van der Waals surface area contributed by atoms with Crippen molar-refractivity contribution in [3.05, 3.63) is 68.8 Å². The average molecular weight is 350 g/mol. The summed E-state index contributed by atoms with van der Waals surface area (Å²) in [5.41, 5.74) is -4.84. The van der Waals surface area contributed by atoms with Crippen molar-refractivity contribution in [2.75, 3.05) is 0 Å². The molecule has 2 rings (SSSR count). The summed E-state index contributed by atoms with van der Waals surface area (Å²) in [6.07, 6.45) is 0. The molecule has 0 spiro atoms. The average Bonchev–Trinajstić information content (AvgIpc) is 2.57. The molecule has 2 aromatic rings. The minimum absolute atomic E-state index is 0.762. The second kappa shape index (κ2) is 6.15. The van der Waals surface area contributed by atoms with Crippen molar-refractivity contribution in [3.63, 3.8) is 0 Å². The molecule has 0 aromatic heterocycles. The smallest absolute Gasteiger partial charge is 0.177 e. The molecule has 0 fully saturated rings. The van der Waals surface area contributed by atoms with Gasteiger partial charge in [-0.1, -0.05) is 11.8 Å². The summed E-state index contributed by atoms with van der Waals surface area (Å²) in [6, 6.07) is 0. The lowest BCUT2D eigenvalue weighted by Crippen LogP contribution is -2.05. The van der Waals surface area contributed by atoms with E-state index in [1.807, 2.05) is 0 Å². The van der Waals surface area contributed by atoms with Crippen molar-refractivity contribution in [2.24, 2.45) is 0 Å². The maximum atomic E-state index is 13.6. The minimum Gasteiger partial charge on any atom is -0.203 e. The predicted molar refractivity (Wildman–Crippen MR) is 68.0 cm³/mol. The molecule has 0 unspecified atom stereocenters. The van der Waals surface area contributed by atoms with E-state index in [0.29, 0.717) is 0 Å². The molecule has 0 radical (unpaired) electrons. The molecule has 24 heavy (non-hydrogen) atoms. The SMILES string of the molecule is Cc1c(F)c(F)c(C#Cc2c(F)c(F)c(C)c(F)c2F)c(F)c1F. The van der Waals surface area contributed by atoms with Crippen LogP contribution in [-0.4, -0.2) is 0 Å². The van der Waals surface area contributed by atoms with E-state index in [0.717, 1.165) is 13.8 Å². The van der Waals surface area contributed by atoms with E-state index in [1.54, 1.807) is 0 Å². The third-order valence-corrected chi connectivity index (χ3v) is 3.28. The molecule has 0 aliphatic carbocycles. The molecule has 0 amide bonds. The molecule has 8 heteroatoms. The van der Waals surface area contributed by atoms with Crippen LogP contribution in [0.5, 0.6) is 0 Å². The van der Waals surface area contributed by atoms with Crippen molar-refractivity contribution in [3.8, 4) is 11.8 Å². The van der Waals surface area contributed by atoms with Crippen LogP contribution in [0, 0.1) is 72.2 Å². The monoisotopic (exact) mass is 350 g/mol. The summed E-state index contributed by atoms with van der Waals surface area (Å²) in [5.74, 6) is -11.6. The standard InChI is InChI=1S/C16H6F8/c1-5-9(17)13(21)7(14(22)10(5)18)3-4-8-15(23)11(19)6(2)12(20)16(8)24/h1-2H3. The van der Waals surface area contributed by atoms with Gasteiger partial charge in [-0.2, -0.15) is 0 Å². The summed E-state index contributed by atoms with van der Waals surface area (Å²) >= 11 is 0. The van der Waals surface area contributed by atoms with Gasteiger partial charge >= 0.3 is 0 Å². The molecule has 0 N–H and O–H groups in total. The fourth-order valence-corrected chi connectivity index (χ4v) is 1.83. The van der Waals surface area contributed by atoms with Crippen LogP contribution < -0.4 is 0 Å². The first-order chi connectivity index (χ1) is 11.1. The fourth-order valence-electron chi connectivity index (χ4n) is 1.83. The van der Waals surface area contributed by atoms with Crippen LogP contribution in [-0.2, 0) is 0 Å². The van der Waals surface area contributed by atoms with Gasteiger partial charge in [0.25, 0.3) is 0 Å². The zero-order valence-electron chi connectivity index (χ0n) is 12.0. The highest BCUT2D eigenvalue weighted by atomic mass is 19.2. The van der Waals surface area contributed by atoms with E-state index in [2.05, 4.69) is 0 Å². The maximum absolute atomic E-state index is 13.6. The molecule has 0 saturated heterocycles. The van der Waals surface area contributed by atoms with E-state index < -0.39 is 68.8 Å². The Balaban J connectivity index is 2.74. The molecular weight excluding hydrogens is 344 g/mol. The number of hydrogen-bond donors (Lipinski definition) is 0. The first-order valence-electron chi connectivity index (χ1n) is 6.26. The highest BCUT2D eigenvalue weighted by Gasteiger charge is 2.24. The van der Waals surface area contributed by atoms with Gasteiger partial charge in [0.05, 0.1) is 0 Å². The normalized spacial score (nSPS) is 10.6. The lowest BCUT2D eigenvalue weighted by Gasteiger charge is -2.06. The molecule has 0 aliphatic heterocycles. The highest BCUT2D eigenvalue weighted by Crippen LogP contribution is 2.25. The van der Waals surface area contributed by atoms with Gasteiger partial charge in [-0.15, -0.1) is 0 Å². The third kappa shape index (κ3) is 2.60. The Morgan fingerprint density at radius 2 is 0.625 bits per heavy atom. The molecule has 0 heterocycles. The van der Waals surface area contributed by atoms with Gasteiger partial charge in [-0.05, 0) is 13.8 Å². The Bertz CT molecular complexity index is 787. The summed E-state index contributed by atoms with van der Waals surface area (Å²) < 4.78 is 108. The molecule has 0 saturated carbocycles. The fraction of sp³-hybridized carbons (Fsp3) is 0.125. The summed E-state index contributed by atoms with van der Waals surface area (Å²) in [7, 11) is 0. The Hall–Kier alpha value is -2.56. The van der Waals surface area contributed by atoms with Crippen LogP contribution in [0.2, 0.25) is 0 Å². The van der Waals surface area contributed by atoms with Gasteiger partial charge in [0.1, 0.15) is 11.1 Å². The molecule has 0 aliphatic rings. The van der Waals surface area contributed by atoms with Gasteiger partial charge in [0.15, 0.2) is 46.5 Å². The van der Waals surface area contributed by atoms with Crippen molar-refractivity contribution in [1.29, 1.82) is 0 Å². The summed E-state index contributed by atoms with van der Waals surface area (Å²) in [5, 5.41) is 0. The number of benzene rings is 2. The molecule has 0 nitrogen and oxygen atoms in total. The van der Waals surface area contributed by atoms with Gasteiger partial charge in [-0.3, -0.25) is 0 Å². The van der Waals surface area contributed by atoms with Crippen LogP contribution in [0.1, 0.15) is 22.3 Å². The van der Waals surface area contributed by atoms with Crippen molar-refractivity contribution in [2.45, 2.75) is 13.8 Å². The number of halogens is 8. The van der Waals surface area contributed by atoms with Crippen molar-refractivity contribution in [1.82, 2.24) is 0 Å². The lowest BCUT2D eigenvalue weighted by molar-refractivity contribution is 0.440. The Labute approximate surface area is 130 Å². The van der Waals surface area contributed by atoms with Gasteiger partial charge in [0.2, 0.25) is 0 Å². The van der Waals surface area contributed by atoms with Crippen molar-refractivity contribution >= 4 is 0 Å². The van der Waals surface area contributed by atoms with Gasteiger partial charge in [-0.25, -0.2) is 35.1 Å². The van der Waals surface area contributed by atoms with Crippen LogP contribution in [0.3, 0.4) is 0 Å². The number of rotatable bonds is 0. The van der Waals surface area contributed by atoms with Crippen LogP contribution in [0.15, 0.2) is 0 Å². The van der Waals surface area contributed by atoms with Crippen molar-refractivity contribution < 1.29 is 35.1 Å². The van der Waals surface area contributed by atoms with Gasteiger partial charge < -0.3 is 0 Å². The number of hydrogen-bond acceptors (Lipinski definition) is 0. The Morgan fingerprint density at radius 3 is 0.833 bits per heavy atom. The zero-order valence-corrected chi connectivity index (χ0v) is 12.0. The summed E-state index contributed by atoms with van der Waals surface area (Å²) in [4.78, 5) is 0. The Kier molecular flexibility index (Phi) is 4.56. The van der Waals surface area contributed by atoms with E-state index in [9.17, 15) is 35.1 Å². The quantitative estimate of drug-likeness (QED) is 0.363. The zero-order chi connectivity index (χ0) is 18.3. The van der Waals surface area contributed by atoms with Crippen LogP contribution >= 0.6 is 0 Å². The third-order valence-electron chi connectivity index (χ3n) is 3.28. The molecule has 126 valence electrons. The van der Waals surface area contributed by atoms with Crippen LogP contribution in [0.4, 0.5) is 35.1 Å². The predicted octanol–water partition coefficient (Wildman–Crippen LogP) is 4.82. The second-order valence-corrected chi connectivity index (χ2v) is 4.76. The molecule has 0 atom stereocenters.